The van der Waals surface area contributed by atoms with E-state index in [4.69, 9.17) is 11.6 Å². The molecule has 2 heterocycles. The van der Waals surface area contributed by atoms with Crippen LogP contribution in [0.2, 0.25) is 5.02 Å². The van der Waals surface area contributed by atoms with Gasteiger partial charge in [-0.1, -0.05) is 53.7 Å². The first-order valence-electron chi connectivity index (χ1n) is 12.0. The van der Waals surface area contributed by atoms with E-state index in [-0.39, 0.29) is 11.8 Å². The third-order valence-electron chi connectivity index (χ3n) is 6.86. The van der Waals surface area contributed by atoms with Crippen LogP contribution in [0.15, 0.2) is 70.5 Å². The molecule has 36 heavy (non-hydrogen) atoms. The van der Waals surface area contributed by atoms with E-state index < -0.39 is 0 Å². The zero-order chi connectivity index (χ0) is 25.4. The van der Waals surface area contributed by atoms with Crippen molar-refractivity contribution < 1.29 is 9.59 Å². The molecule has 2 aliphatic heterocycles. The van der Waals surface area contributed by atoms with E-state index in [2.05, 4.69) is 11.8 Å². The third kappa shape index (κ3) is 4.75. The highest BCUT2D eigenvalue weighted by atomic mass is 35.5. The molecule has 5 rings (SSSR count). The van der Waals surface area contributed by atoms with Crippen molar-refractivity contribution in [3.8, 4) is 0 Å². The Labute approximate surface area is 221 Å². The van der Waals surface area contributed by atoms with Gasteiger partial charge in [-0.25, -0.2) is 0 Å². The number of piperazine rings is 1. The maximum Gasteiger partial charge on any atom is 0.264 e. The highest BCUT2D eigenvalue weighted by molar-refractivity contribution is 8.04. The van der Waals surface area contributed by atoms with E-state index in [0.29, 0.717) is 23.6 Å². The lowest BCUT2D eigenvalue weighted by Gasteiger charge is -2.37. The van der Waals surface area contributed by atoms with Crippen molar-refractivity contribution in [3.05, 3.63) is 92.8 Å². The molecule has 0 unspecified atom stereocenters. The summed E-state index contributed by atoms with van der Waals surface area (Å²) in [6.45, 7) is 6.88. The summed E-state index contributed by atoms with van der Waals surface area (Å²) in [5.41, 5.74) is 5.83. The second-order valence-corrected chi connectivity index (χ2v) is 10.7. The molecule has 0 radical (unpaired) electrons. The van der Waals surface area contributed by atoms with Gasteiger partial charge in [0.1, 0.15) is 0 Å². The van der Waals surface area contributed by atoms with Crippen molar-refractivity contribution in [1.82, 2.24) is 4.90 Å². The standard InChI is InChI=1S/C29H28ClN3O2S/c1-19-6-4-5-7-21(19)17-27-29(35)31(3)25-16-22(9-11-26(25)36-27)28(34)33-14-12-32(13-15-33)24-18-23(30)10-8-20(24)2/h4-11,16-18H,12-15H2,1-3H3. The Morgan fingerprint density at radius 2 is 1.67 bits per heavy atom. The number of aryl methyl sites for hydroxylation is 2. The van der Waals surface area contributed by atoms with Crippen molar-refractivity contribution in [2.45, 2.75) is 18.7 Å². The second-order valence-electron chi connectivity index (χ2n) is 9.22. The molecule has 0 saturated carbocycles. The number of fused-ring (bicyclic) bond motifs is 1. The highest BCUT2D eigenvalue weighted by Gasteiger charge is 2.29. The molecular weight excluding hydrogens is 490 g/mol. The van der Waals surface area contributed by atoms with Crippen molar-refractivity contribution in [1.29, 1.82) is 0 Å². The Hall–Kier alpha value is -3.22. The van der Waals surface area contributed by atoms with E-state index in [9.17, 15) is 9.59 Å². The summed E-state index contributed by atoms with van der Waals surface area (Å²) >= 11 is 7.66. The van der Waals surface area contributed by atoms with Gasteiger partial charge in [-0.3, -0.25) is 9.59 Å². The molecule has 0 bridgehead atoms. The number of carbonyl (C=O) groups is 2. The van der Waals surface area contributed by atoms with Crippen molar-refractivity contribution in [2.24, 2.45) is 0 Å². The number of hydrogen-bond donors (Lipinski definition) is 0. The predicted molar refractivity (Wildman–Crippen MR) is 149 cm³/mol. The van der Waals surface area contributed by atoms with Crippen LogP contribution in [-0.4, -0.2) is 49.9 Å². The number of thioether (sulfide) groups is 1. The summed E-state index contributed by atoms with van der Waals surface area (Å²) in [6, 6.07) is 19.6. The number of rotatable bonds is 3. The summed E-state index contributed by atoms with van der Waals surface area (Å²) in [7, 11) is 1.77. The van der Waals surface area contributed by atoms with Crippen LogP contribution in [0.1, 0.15) is 27.0 Å². The molecule has 0 spiro atoms. The first kappa shape index (κ1) is 24.5. The summed E-state index contributed by atoms with van der Waals surface area (Å²) in [4.78, 5) is 33.9. The Morgan fingerprint density at radius 3 is 2.42 bits per heavy atom. The van der Waals surface area contributed by atoms with Crippen LogP contribution in [0.5, 0.6) is 0 Å². The van der Waals surface area contributed by atoms with Crippen molar-refractivity contribution in [2.75, 3.05) is 43.0 Å². The van der Waals surface area contributed by atoms with E-state index in [0.717, 1.165) is 45.5 Å². The monoisotopic (exact) mass is 517 g/mol. The summed E-state index contributed by atoms with van der Waals surface area (Å²) in [6.07, 6.45) is 1.95. The maximum absolute atomic E-state index is 13.3. The number of benzene rings is 3. The molecular formula is C29H28ClN3O2S. The van der Waals surface area contributed by atoms with Crippen LogP contribution in [0.4, 0.5) is 11.4 Å². The van der Waals surface area contributed by atoms with Gasteiger partial charge in [-0.05, 0) is 66.9 Å². The molecule has 184 valence electrons. The fraction of sp³-hybridized carbons (Fsp3) is 0.241. The van der Waals surface area contributed by atoms with Gasteiger partial charge in [0.15, 0.2) is 0 Å². The Morgan fingerprint density at radius 1 is 0.917 bits per heavy atom. The van der Waals surface area contributed by atoms with Gasteiger partial charge in [-0.15, -0.1) is 0 Å². The first-order chi connectivity index (χ1) is 17.3. The predicted octanol–water partition coefficient (Wildman–Crippen LogP) is 6.03. The number of anilines is 2. The second kappa shape index (κ2) is 10.0. The average molecular weight is 518 g/mol. The number of halogens is 1. The minimum atomic E-state index is -0.0640. The molecule has 3 aromatic rings. The zero-order valence-corrected chi connectivity index (χ0v) is 22.2. The highest BCUT2D eigenvalue weighted by Crippen LogP contribution is 2.42. The van der Waals surface area contributed by atoms with Crippen molar-refractivity contribution >= 4 is 52.6 Å². The number of amides is 2. The smallest absolute Gasteiger partial charge is 0.264 e. The lowest BCUT2D eigenvalue weighted by Crippen LogP contribution is -2.49. The van der Waals surface area contributed by atoms with E-state index in [1.807, 2.05) is 78.6 Å². The molecule has 1 fully saturated rings. The first-order valence-corrected chi connectivity index (χ1v) is 13.2. The van der Waals surface area contributed by atoms with Crippen LogP contribution in [-0.2, 0) is 4.79 Å². The normalized spacial score (nSPS) is 16.9. The summed E-state index contributed by atoms with van der Waals surface area (Å²) in [5, 5.41) is 0.719. The quantitative estimate of drug-likeness (QED) is 0.398. The van der Waals surface area contributed by atoms with Gasteiger partial charge in [0, 0.05) is 54.4 Å². The topological polar surface area (TPSA) is 43.9 Å². The van der Waals surface area contributed by atoms with E-state index >= 15 is 0 Å². The Balaban J connectivity index is 1.32. The maximum atomic E-state index is 13.3. The van der Waals surface area contributed by atoms with Gasteiger partial charge in [0.05, 0.1) is 10.6 Å². The van der Waals surface area contributed by atoms with Crippen molar-refractivity contribution in [3.63, 3.8) is 0 Å². The number of nitrogens with zero attached hydrogens (tertiary/aromatic N) is 3. The molecule has 0 aliphatic carbocycles. The molecule has 3 aromatic carbocycles. The molecule has 0 aromatic heterocycles. The largest absolute Gasteiger partial charge is 0.368 e. The van der Waals surface area contributed by atoms with Gasteiger partial charge in [0.2, 0.25) is 0 Å². The van der Waals surface area contributed by atoms with E-state index in [1.165, 1.54) is 17.3 Å². The molecule has 5 nitrogen and oxygen atoms in total. The zero-order valence-electron chi connectivity index (χ0n) is 20.6. The molecule has 0 atom stereocenters. The molecule has 2 aliphatic rings. The average Bonchev–Trinajstić information content (AvgIpc) is 2.89. The van der Waals surface area contributed by atoms with Gasteiger partial charge in [0.25, 0.3) is 11.8 Å². The van der Waals surface area contributed by atoms with Crippen LogP contribution in [0.25, 0.3) is 6.08 Å². The number of carbonyl (C=O) groups excluding carboxylic acids is 2. The number of hydrogen-bond acceptors (Lipinski definition) is 4. The van der Waals surface area contributed by atoms with Crippen LogP contribution in [0.3, 0.4) is 0 Å². The van der Waals surface area contributed by atoms with Crippen LogP contribution < -0.4 is 9.80 Å². The Bertz CT molecular complexity index is 1380. The molecule has 7 heteroatoms. The lowest BCUT2D eigenvalue weighted by molar-refractivity contribution is -0.114. The SMILES string of the molecule is Cc1ccccc1C=C1Sc2ccc(C(=O)N3CCN(c4cc(Cl)ccc4C)CC3)cc2N(C)C1=O. The van der Waals surface area contributed by atoms with Gasteiger partial charge >= 0.3 is 0 Å². The molecule has 2 amide bonds. The summed E-state index contributed by atoms with van der Waals surface area (Å²) < 4.78 is 0. The molecule has 0 N–H and O–H groups in total. The summed E-state index contributed by atoms with van der Waals surface area (Å²) in [5.74, 6) is -0.0711. The van der Waals surface area contributed by atoms with Crippen LogP contribution >= 0.6 is 23.4 Å². The lowest BCUT2D eigenvalue weighted by atomic mass is 10.1. The third-order valence-corrected chi connectivity index (χ3v) is 8.17. The molecule has 1 saturated heterocycles. The fourth-order valence-corrected chi connectivity index (χ4v) is 5.92. The van der Waals surface area contributed by atoms with E-state index in [1.54, 1.807) is 11.9 Å². The Kier molecular flexibility index (Phi) is 6.82. The minimum absolute atomic E-state index is 0.00707. The number of likely N-dealkylation sites (N-methyl/N-ethyl adjacent to an activating group) is 1. The van der Waals surface area contributed by atoms with Crippen LogP contribution in [0, 0.1) is 13.8 Å². The van der Waals surface area contributed by atoms with Gasteiger partial charge < -0.3 is 14.7 Å². The fourth-order valence-electron chi connectivity index (χ4n) is 4.67. The van der Waals surface area contributed by atoms with Gasteiger partial charge in [-0.2, -0.15) is 0 Å². The minimum Gasteiger partial charge on any atom is -0.368 e.